The van der Waals surface area contributed by atoms with Gasteiger partial charge in [-0.1, -0.05) is 36.4 Å². The van der Waals surface area contributed by atoms with Crippen LogP contribution in [0.4, 0.5) is 0 Å². The van der Waals surface area contributed by atoms with Gasteiger partial charge in [-0.25, -0.2) is 0 Å². The van der Waals surface area contributed by atoms with E-state index in [1.54, 1.807) is 7.11 Å². The first-order valence-corrected chi connectivity index (χ1v) is 5.71. The number of rotatable bonds is 7. The summed E-state index contributed by atoms with van der Waals surface area (Å²) < 4.78 is 10.5. The molecule has 0 bridgehead atoms. The average molecular weight is 220 g/mol. The summed E-state index contributed by atoms with van der Waals surface area (Å²) in [6.45, 7) is 2.63. The third-order valence-corrected chi connectivity index (χ3v) is 2.30. The predicted octanol–water partition coefficient (Wildman–Crippen LogP) is 3.18. The van der Waals surface area contributed by atoms with Crippen LogP contribution in [0.5, 0.6) is 0 Å². The summed E-state index contributed by atoms with van der Waals surface area (Å²) in [6.07, 6.45) is 5.93. The van der Waals surface area contributed by atoms with E-state index >= 15 is 0 Å². The predicted molar refractivity (Wildman–Crippen MR) is 66.3 cm³/mol. The zero-order chi connectivity index (χ0) is 11.6. The molecule has 0 fully saturated rings. The van der Waals surface area contributed by atoms with Crippen molar-refractivity contribution in [1.29, 1.82) is 0 Å². The van der Waals surface area contributed by atoms with Gasteiger partial charge in [-0.2, -0.15) is 0 Å². The highest BCUT2D eigenvalue weighted by atomic mass is 16.7. The molecule has 0 aliphatic heterocycles. The van der Waals surface area contributed by atoms with Crippen LogP contribution in [-0.4, -0.2) is 20.0 Å². The second kappa shape index (κ2) is 8.08. The number of benzene rings is 1. The van der Waals surface area contributed by atoms with E-state index in [0.717, 1.165) is 12.8 Å². The monoisotopic (exact) mass is 220 g/mol. The van der Waals surface area contributed by atoms with E-state index in [-0.39, 0.29) is 6.29 Å². The Bertz CT molecular complexity index is 293. The van der Waals surface area contributed by atoms with Gasteiger partial charge in [0, 0.05) is 13.7 Å². The highest BCUT2D eigenvalue weighted by Gasteiger charge is 1.98. The minimum Gasteiger partial charge on any atom is -0.352 e. The van der Waals surface area contributed by atoms with Crippen molar-refractivity contribution < 1.29 is 9.47 Å². The third-order valence-electron chi connectivity index (χ3n) is 2.30. The van der Waals surface area contributed by atoms with Crippen LogP contribution >= 0.6 is 0 Å². The fourth-order valence-electron chi connectivity index (χ4n) is 1.47. The van der Waals surface area contributed by atoms with Crippen molar-refractivity contribution in [2.24, 2.45) is 0 Å². The first-order chi connectivity index (χ1) is 7.86. The number of aryl methyl sites for hydroxylation is 1. The summed E-state index contributed by atoms with van der Waals surface area (Å²) in [5.41, 5.74) is 1.36. The van der Waals surface area contributed by atoms with E-state index in [9.17, 15) is 0 Å². The van der Waals surface area contributed by atoms with E-state index in [4.69, 9.17) is 9.47 Å². The molecular formula is C14H20O2. The van der Waals surface area contributed by atoms with Crippen LogP contribution in [0.1, 0.15) is 18.9 Å². The Labute approximate surface area is 97.9 Å². The lowest BCUT2D eigenvalue weighted by atomic mass is 10.1. The Hall–Kier alpha value is -1.12. The van der Waals surface area contributed by atoms with E-state index < -0.39 is 0 Å². The maximum Gasteiger partial charge on any atom is 0.176 e. The van der Waals surface area contributed by atoms with Crippen molar-refractivity contribution in [3.8, 4) is 0 Å². The highest BCUT2D eigenvalue weighted by Crippen LogP contribution is 2.04. The van der Waals surface area contributed by atoms with E-state index in [2.05, 4.69) is 30.3 Å². The number of hydrogen-bond acceptors (Lipinski definition) is 2. The molecule has 0 saturated heterocycles. The lowest BCUT2D eigenvalue weighted by Gasteiger charge is -2.09. The van der Waals surface area contributed by atoms with Gasteiger partial charge in [0.2, 0.25) is 0 Å². The van der Waals surface area contributed by atoms with Gasteiger partial charge in [-0.3, -0.25) is 0 Å². The van der Waals surface area contributed by atoms with Gasteiger partial charge in [0.25, 0.3) is 0 Å². The lowest BCUT2D eigenvalue weighted by Crippen LogP contribution is -2.11. The Kier molecular flexibility index (Phi) is 6.54. The smallest absolute Gasteiger partial charge is 0.176 e. The van der Waals surface area contributed by atoms with Crippen molar-refractivity contribution in [2.75, 3.05) is 13.7 Å². The normalized spacial score (nSPS) is 13.1. The first kappa shape index (κ1) is 12.9. The van der Waals surface area contributed by atoms with Gasteiger partial charge < -0.3 is 9.47 Å². The molecule has 2 heteroatoms. The van der Waals surface area contributed by atoms with Crippen LogP contribution in [0.2, 0.25) is 0 Å². The minimum absolute atomic E-state index is 0.208. The molecule has 0 aliphatic rings. The van der Waals surface area contributed by atoms with Crippen LogP contribution in [0, 0.1) is 0 Å². The maximum atomic E-state index is 5.33. The molecule has 2 nitrogen and oxygen atoms in total. The molecule has 88 valence electrons. The molecule has 1 aromatic carbocycles. The van der Waals surface area contributed by atoms with Crippen molar-refractivity contribution >= 4 is 0 Å². The molecule has 0 N–H and O–H groups in total. The van der Waals surface area contributed by atoms with Crippen LogP contribution in [0.3, 0.4) is 0 Å². The van der Waals surface area contributed by atoms with Crippen LogP contribution in [0.25, 0.3) is 0 Å². The van der Waals surface area contributed by atoms with E-state index in [0.29, 0.717) is 6.61 Å². The molecule has 0 radical (unpaired) electrons. The third kappa shape index (κ3) is 5.10. The molecule has 0 aliphatic carbocycles. The van der Waals surface area contributed by atoms with Gasteiger partial charge >= 0.3 is 0 Å². The molecule has 0 aromatic heterocycles. The number of ether oxygens (including phenoxy) is 2. The summed E-state index contributed by atoms with van der Waals surface area (Å²) in [5.74, 6) is 0. The van der Waals surface area contributed by atoms with Gasteiger partial charge in [-0.05, 0) is 31.4 Å². The fourth-order valence-corrected chi connectivity index (χ4v) is 1.47. The average Bonchev–Trinajstić information content (AvgIpc) is 2.34. The van der Waals surface area contributed by atoms with Crippen LogP contribution in [0.15, 0.2) is 42.5 Å². The molecule has 0 heterocycles. The van der Waals surface area contributed by atoms with Crippen molar-refractivity contribution in [2.45, 2.75) is 26.1 Å². The highest BCUT2D eigenvalue weighted by molar-refractivity contribution is 5.15. The van der Waals surface area contributed by atoms with Gasteiger partial charge in [-0.15, -0.1) is 0 Å². The Morgan fingerprint density at radius 3 is 2.62 bits per heavy atom. The van der Waals surface area contributed by atoms with E-state index in [1.165, 1.54) is 5.56 Å². The molecule has 1 atom stereocenters. The number of hydrogen-bond donors (Lipinski definition) is 0. The Morgan fingerprint density at radius 2 is 2.00 bits per heavy atom. The fraction of sp³-hybridized carbons (Fsp3) is 0.429. The molecule has 0 amide bonds. The second-order valence-corrected chi connectivity index (χ2v) is 3.51. The zero-order valence-corrected chi connectivity index (χ0v) is 10.1. The van der Waals surface area contributed by atoms with Crippen molar-refractivity contribution in [3.05, 3.63) is 48.0 Å². The summed E-state index contributed by atoms with van der Waals surface area (Å²) in [6, 6.07) is 10.5. The second-order valence-electron chi connectivity index (χ2n) is 3.51. The van der Waals surface area contributed by atoms with Gasteiger partial charge in [0.05, 0.1) is 0 Å². The molecule has 1 rings (SSSR count). The SMILES string of the molecule is CCOC(C=CCCc1ccccc1)OC. The van der Waals surface area contributed by atoms with E-state index in [1.807, 2.05) is 19.1 Å². The summed E-state index contributed by atoms with van der Waals surface area (Å²) in [5, 5.41) is 0. The van der Waals surface area contributed by atoms with Crippen LogP contribution < -0.4 is 0 Å². The van der Waals surface area contributed by atoms with Gasteiger partial charge in [0.1, 0.15) is 0 Å². The topological polar surface area (TPSA) is 18.5 Å². The molecule has 1 aromatic rings. The van der Waals surface area contributed by atoms with Gasteiger partial charge in [0.15, 0.2) is 6.29 Å². The standard InChI is InChI=1S/C14H20O2/c1-3-16-14(15-2)12-8-7-11-13-9-5-4-6-10-13/h4-6,8-10,12,14H,3,7,11H2,1-2H3. The number of allylic oxidation sites excluding steroid dienone is 1. The summed E-state index contributed by atoms with van der Waals surface area (Å²) in [4.78, 5) is 0. The first-order valence-electron chi connectivity index (χ1n) is 5.71. The molecule has 0 spiro atoms. The van der Waals surface area contributed by atoms with Crippen LogP contribution in [-0.2, 0) is 15.9 Å². The minimum atomic E-state index is -0.208. The Morgan fingerprint density at radius 1 is 1.25 bits per heavy atom. The largest absolute Gasteiger partial charge is 0.352 e. The zero-order valence-electron chi connectivity index (χ0n) is 10.1. The molecule has 16 heavy (non-hydrogen) atoms. The maximum absolute atomic E-state index is 5.33. The number of methoxy groups -OCH3 is 1. The Balaban J connectivity index is 2.26. The van der Waals surface area contributed by atoms with Crippen molar-refractivity contribution in [1.82, 2.24) is 0 Å². The lowest BCUT2D eigenvalue weighted by molar-refractivity contribution is -0.0861. The molecule has 0 saturated carbocycles. The van der Waals surface area contributed by atoms with Crippen molar-refractivity contribution in [3.63, 3.8) is 0 Å². The summed E-state index contributed by atoms with van der Waals surface area (Å²) in [7, 11) is 1.65. The molecule has 1 unspecified atom stereocenters. The summed E-state index contributed by atoms with van der Waals surface area (Å²) >= 11 is 0. The molecular weight excluding hydrogens is 200 g/mol. The quantitative estimate of drug-likeness (QED) is 0.519.